The maximum Gasteiger partial charge on any atom is 0.410 e. The number of nitrogens with zero attached hydrogens (tertiary/aromatic N) is 4. The highest BCUT2D eigenvalue weighted by Gasteiger charge is 2.39. The Balaban J connectivity index is 0.000000211. The minimum absolute atomic E-state index is 0. The SMILES string of the molecule is C.COc1cc2c(cc1OCc1ccccc1)CCN(C(=O)OC(C)(C)C)C2CS(=O)(=O)C(=N)N(N)c1ccccc1.COc1cc2c(cc1OCc1ccccc1)CCNC2/C=C/c1ccc(-c2cccnc2)cc1.N.O=Cc1ccc(-c2cccnc2)cc1. The van der Waals surface area contributed by atoms with Crippen molar-refractivity contribution in [3.63, 3.8) is 0 Å². The maximum atomic E-state index is 13.6. The molecule has 2 aliphatic heterocycles. The Morgan fingerprint density at radius 3 is 1.64 bits per heavy atom. The van der Waals surface area contributed by atoms with Gasteiger partial charge in [0.05, 0.1) is 37.7 Å². The Bertz CT molecular complexity index is 3940. The number of nitrogens with one attached hydrogen (secondary N) is 2. The van der Waals surface area contributed by atoms with Crippen LogP contribution < -0.4 is 41.3 Å². The molecule has 2 aliphatic rings. The van der Waals surface area contributed by atoms with Gasteiger partial charge in [0.1, 0.15) is 25.1 Å². The van der Waals surface area contributed by atoms with Gasteiger partial charge >= 0.3 is 6.09 Å². The number of methoxy groups -OCH3 is 2. The van der Waals surface area contributed by atoms with Gasteiger partial charge in [0.25, 0.3) is 0 Å². The van der Waals surface area contributed by atoms with E-state index in [4.69, 9.17) is 34.9 Å². The van der Waals surface area contributed by atoms with Gasteiger partial charge in [-0.25, -0.2) is 19.1 Å². The van der Waals surface area contributed by atoms with E-state index in [1.807, 2.05) is 91.1 Å². The Morgan fingerprint density at radius 1 is 0.659 bits per heavy atom. The lowest BCUT2D eigenvalue weighted by molar-refractivity contribution is 0.0162. The molecule has 0 saturated heterocycles. The van der Waals surface area contributed by atoms with E-state index in [1.165, 1.54) is 28.7 Å². The smallest absolute Gasteiger partial charge is 0.410 e. The number of rotatable bonds is 16. The van der Waals surface area contributed by atoms with Crippen molar-refractivity contribution in [2.75, 3.05) is 38.1 Å². The minimum atomic E-state index is -4.27. The zero-order valence-corrected chi connectivity index (χ0v) is 52.0. The monoisotopic (exact) mass is 1240 g/mol. The molecule has 2 unspecified atom stereocenters. The summed E-state index contributed by atoms with van der Waals surface area (Å²) in [7, 11) is -1.08. The predicted molar refractivity (Wildman–Crippen MR) is 362 cm³/mol. The van der Waals surface area contributed by atoms with E-state index < -0.39 is 38.5 Å². The number of ether oxygens (including phenoxy) is 5. The zero-order chi connectivity index (χ0) is 62.8. The first-order chi connectivity index (χ1) is 43.1. The minimum Gasteiger partial charge on any atom is -0.493 e. The second-order valence-corrected chi connectivity index (χ2v) is 24.0. The number of carbonyl (C=O) groups excluding carboxylic acids is 2. The van der Waals surface area contributed by atoms with Crippen molar-refractivity contribution in [1.29, 1.82) is 5.41 Å². The van der Waals surface area contributed by atoms with E-state index in [2.05, 4.69) is 82.0 Å². The number of carbonyl (C=O) groups is 2. The van der Waals surface area contributed by atoms with Crippen LogP contribution in [0.15, 0.2) is 219 Å². The van der Waals surface area contributed by atoms with Crippen LogP contribution in [0.3, 0.4) is 0 Å². The number of aromatic nitrogens is 2. The number of nitrogens with two attached hydrogens (primary N) is 1. The van der Waals surface area contributed by atoms with Gasteiger partial charge in [0.15, 0.2) is 23.0 Å². The third-order valence-corrected chi connectivity index (χ3v) is 16.3. The van der Waals surface area contributed by atoms with Gasteiger partial charge in [-0.15, -0.1) is 0 Å². The Morgan fingerprint density at radius 2 is 1.15 bits per heavy atom. The summed E-state index contributed by atoms with van der Waals surface area (Å²) < 4.78 is 56.3. The highest BCUT2D eigenvalue weighted by molar-refractivity contribution is 8.06. The number of pyridine rings is 2. The molecule has 2 aromatic heterocycles. The molecule has 9 aromatic rings. The Hall–Kier alpha value is -9.98. The molecule has 0 fully saturated rings. The Kier molecular flexibility index (Phi) is 24.5. The molecule has 91 heavy (non-hydrogen) atoms. The number of hydrogen-bond acceptors (Lipinski definition) is 15. The van der Waals surface area contributed by atoms with E-state index in [-0.39, 0.29) is 26.2 Å². The molecule has 0 bridgehead atoms. The van der Waals surface area contributed by atoms with Crippen molar-refractivity contribution >= 4 is 39.1 Å². The van der Waals surface area contributed by atoms with Crippen LogP contribution in [-0.2, 0) is 40.6 Å². The topological polar surface area (TPSA) is 244 Å². The molecule has 472 valence electrons. The summed E-state index contributed by atoms with van der Waals surface area (Å²) in [4.78, 5) is 33.4. The van der Waals surface area contributed by atoms with Gasteiger partial charge in [0.2, 0.25) is 15.0 Å². The number of amidine groups is 1. The number of aldehydes is 1. The lowest BCUT2D eigenvalue weighted by atomic mass is 9.93. The summed E-state index contributed by atoms with van der Waals surface area (Å²) in [5, 5.41) is 12.1. The van der Waals surface area contributed by atoms with Crippen LogP contribution >= 0.6 is 0 Å². The average molecular weight is 1250 g/mol. The summed E-state index contributed by atoms with van der Waals surface area (Å²) >= 11 is 0. The molecule has 0 aliphatic carbocycles. The first kappa shape index (κ1) is 68.5. The summed E-state index contributed by atoms with van der Waals surface area (Å²) in [6, 6.07) is 59.1. The van der Waals surface area contributed by atoms with E-state index >= 15 is 0 Å². The van der Waals surface area contributed by atoms with Crippen LogP contribution in [0.25, 0.3) is 28.3 Å². The van der Waals surface area contributed by atoms with Crippen LogP contribution in [0.2, 0.25) is 0 Å². The quantitative estimate of drug-likeness (QED) is 0.0231. The molecule has 2 atom stereocenters. The molecule has 17 nitrogen and oxygen atoms in total. The molecule has 18 heteroatoms. The molecule has 7 aromatic carbocycles. The van der Waals surface area contributed by atoms with E-state index in [0.29, 0.717) is 47.9 Å². The molecular formula is C73H80N8O9S. The number of fused-ring (bicyclic) bond motifs is 2. The summed E-state index contributed by atoms with van der Waals surface area (Å²) in [5.41, 5.74) is 11.9. The summed E-state index contributed by atoms with van der Waals surface area (Å²) in [5.74, 6) is 7.92. The largest absolute Gasteiger partial charge is 0.493 e. The normalized spacial score (nSPS) is 13.9. The third-order valence-electron chi connectivity index (χ3n) is 14.8. The zero-order valence-electron chi connectivity index (χ0n) is 51.2. The summed E-state index contributed by atoms with van der Waals surface area (Å²) in [6.45, 7) is 7.21. The lowest BCUT2D eigenvalue weighted by Gasteiger charge is -2.38. The van der Waals surface area contributed by atoms with Gasteiger partial charge in [-0.3, -0.25) is 30.1 Å². The van der Waals surface area contributed by atoms with Gasteiger partial charge in [-0.1, -0.05) is 159 Å². The fraction of sp³-hybridized carbons (Fsp3) is 0.219. The number of sulfone groups is 1. The average Bonchev–Trinajstić information content (AvgIpc) is 0.828. The van der Waals surface area contributed by atoms with Crippen LogP contribution in [0.1, 0.15) is 89.6 Å². The Labute approximate surface area is 534 Å². The molecule has 0 spiro atoms. The standard InChI is InChI=1S/C30H36N4O6S.C30H28N2O2.C12H9NO.CH4.H3N/c1-30(2,3)40-29(35)33-16-15-22-17-27(39-19-21-11-7-5-8-12-21)26(38-4)18-24(22)25(33)20-41(36,37)28(31)34(32)23-13-9-6-10-14-23;1-33-29-19-27-25(18-30(29)34-21-23-6-3-2-4-7-23)15-17-32-28(27)14-11-22-9-12-24(13-10-22)26-8-5-16-31-20-26;14-9-10-3-5-11(6-4-10)12-2-1-7-13-8-12;;/h5-14,17-18,25,31H,15-16,19-20,32H2,1-4H3;2-14,16,18-20,28,32H,15,17,21H2,1H3;1-9H;1H4;1H3/b;14-11+;;;. The third kappa shape index (κ3) is 18.6. The highest BCUT2D eigenvalue weighted by Crippen LogP contribution is 2.41. The first-order valence-electron chi connectivity index (χ1n) is 29.1. The van der Waals surface area contributed by atoms with Gasteiger partial charge in [-0.05, 0) is 143 Å². The number of amides is 1. The predicted octanol–water partition coefficient (Wildman–Crippen LogP) is 14.4. The molecule has 4 heterocycles. The second kappa shape index (κ2) is 32.5. The fourth-order valence-corrected chi connectivity index (χ4v) is 11.5. The number of hydrazine groups is 1. The van der Waals surface area contributed by atoms with Crippen molar-refractivity contribution in [2.24, 2.45) is 5.84 Å². The molecule has 7 N–H and O–H groups in total. The van der Waals surface area contributed by atoms with E-state index in [9.17, 15) is 18.0 Å². The number of anilines is 1. The molecule has 0 radical (unpaired) electrons. The van der Waals surface area contributed by atoms with Crippen molar-refractivity contribution in [3.05, 3.63) is 263 Å². The van der Waals surface area contributed by atoms with Crippen LogP contribution in [-0.4, -0.2) is 79.5 Å². The van der Waals surface area contributed by atoms with Crippen molar-refractivity contribution < 1.29 is 41.7 Å². The highest BCUT2D eigenvalue weighted by atomic mass is 32.2. The van der Waals surface area contributed by atoms with Crippen LogP contribution in [0, 0.1) is 5.41 Å². The van der Waals surface area contributed by atoms with Gasteiger partial charge in [0, 0.05) is 43.4 Å². The van der Waals surface area contributed by atoms with Gasteiger partial charge < -0.3 is 35.2 Å². The van der Waals surface area contributed by atoms with Crippen LogP contribution in [0.5, 0.6) is 23.0 Å². The summed E-state index contributed by atoms with van der Waals surface area (Å²) in [6.07, 6.45) is 13.2. The van der Waals surface area contributed by atoms with Gasteiger partial charge in [-0.2, -0.15) is 0 Å². The first-order valence-corrected chi connectivity index (χ1v) is 30.8. The molecular weight excluding hydrogens is 1160 g/mol. The lowest BCUT2D eigenvalue weighted by Crippen LogP contribution is -2.48. The molecule has 1 amide bonds. The number of para-hydroxylation sites is 1. The van der Waals surface area contributed by atoms with E-state index in [1.54, 1.807) is 95.0 Å². The van der Waals surface area contributed by atoms with Crippen molar-refractivity contribution in [3.8, 4) is 45.3 Å². The maximum absolute atomic E-state index is 13.6. The molecule has 11 rings (SSSR count). The molecule has 0 saturated carbocycles. The second-order valence-electron chi connectivity index (χ2n) is 22.1. The van der Waals surface area contributed by atoms with Crippen LogP contribution in [0.4, 0.5) is 10.5 Å². The van der Waals surface area contributed by atoms with Crippen molar-refractivity contribution in [1.82, 2.24) is 26.3 Å². The van der Waals surface area contributed by atoms with E-state index in [0.717, 1.165) is 74.7 Å². The van der Waals surface area contributed by atoms with Crippen molar-refractivity contribution in [2.45, 2.75) is 71.9 Å². The number of benzene rings is 7. The number of hydrogen-bond donors (Lipinski definition) is 4. The fourth-order valence-electron chi connectivity index (χ4n) is 10.2.